The molecular weight excluding hydrogens is 196 g/mol. The van der Waals surface area contributed by atoms with Crippen molar-refractivity contribution >= 4 is 0 Å². The van der Waals surface area contributed by atoms with Crippen molar-refractivity contribution in [1.82, 2.24) is 10.2 Å². The van der Waals surface area contributed by atoms with Gasteiger partial charge < -0.3 is 10.2 Å². The van der Waals surface area contributed by atoms with Crippen LogP contribution < -0.4 is 5.32 Å². The summed E-state index contributed by atoms with van der Waals surface area (Å²) in [4.78, 5) is 2.48. The van der Waals surface area contributed by atoms with Crippen LogP contribution in [0.2, 0.25) is 0 Å². The molecule has 1 aliphatic carbocycles. The molecule has 2 nitrogen and oxygen atoms in total. The molecule has 16 heavy (non-hydrogen) atoms. The highest BCUT2D eigenvalue weighted by Crippen LogP contribution is 2.29. The number of hydrogen-bond acceptors (Lipinski definition) is 2. The lowest BCUT2D eigenvalue weighted by Crippen LogP contribution is -2.43. The predicted octanol–water partition coefficient (Wildman–Crippen LogP) is 2.49. The van der Waals surface area contributed by atoms with E-state index in [0.29, 0.717) is 0 Å². The highest BCUT2D eigenvalue weighted by molar-refractivity contribution is 4.89. The summed E-state index contributed by atoms with van der Waals surface area (Å²) in [6, 6.07) is 2.28. The summed E-state index contributed by atoms with van der Waals surface area (Å²) in [6.45, 7) is 8.40. The van der Waals surface area contributed by atoms with Crippen LogP contribution in [0.25, 0.3) is 0 Å². The minimum absolute atomic E-state index is 0.738. The molecular formula is C14H28N2. The van der Waals surface area contributed by atoms with E-state index in [2.05, 4.69) is 38.0 Å². The van der Waals surface area contributed by atoms with Crippen LogP contribution in [0.4, 0.5) is 0 Å². The van der Waals surface area contributed by atoms with Gasteiger partial charge in [0, 0.05) is 24.7 Å². The van der Waals surface area contributed by atoms with Crippen molar-refractivity contribution in [2.45, 2.75) is 64.6 Å². The lowest BCUT2D eigenvalue weighted by molar-refractivity contribution is 0.225. The topological polar surface area (TPSA) is 15.3 Å². The molecule has 1 aliphatic heterocycles. The van der Waals surface area contributed by atoms with Crippen LogP contribution in [0.15, 0.2) is 0 Å². The number of likely N-dealkylation sites (N-methyl/N-ethyl adjacent to an activating group) is 1. The number of hydrogen-bond donors (Lipinski definition) is 1. The van der Waals surface area contributed by atoms with E-state index in [1.165, 1.54) is 32.2 Å². The summed E-state index contributed by atoms with van der Waals surface area (Å²) in [7, 11) is 2.25. The zero-order chi connectivity index (χ0) is 11.7. The maximum atomic E-state index is 3.90. The summed E-state index contributed by atoms with van der Waals surface area (Å²) < 4.78 is 0. The summed E-state index contributed by atoms with van der Waals surface area (Å²) in [5.41, 5.74) is 0. The van der Waals surface area contributed by atoms with E-state index in [1.54, 1.807) is 0 Å². The van der Waals surface area contributed by atoms with E-state index in [9.17, 15) is 0 Å². The quantitative estimate of drug-likeness (QED) is 0.775. The van der Waals surface area contributed by atoms with Gasteiger partial charge >= 0.3 is 0 Å². The fraction of sp³-hybridized carbons (Fsp3) is 1.00. The van der Waals surface area contributed by atoms with Crippen LogP contribution >= 0.6 is 0 Å². The molecule has 0 radical (unpaired) electrons. The minimum Gasteiger partial charge on any atom is -0.310 e. The highest BCUT2D eigenvalue weighted by atomic mass is 15.2. The van der Waals surface area contributed by atoms with E-state index < -0.39 is 0 Å². The van der Waals surface area contributed by atoms with Crippen LogP contribution in [0.3, 0.4) is 0 Å². The number of rotatable bonds is 2. The fourth-order valence-corrected chi connectivity index (χ4v) is 3.73. The third kappa shape index (κ3) is 2.98. The van der Waals surface area contributed by atoms with Crippen LogP contribution in [0.1, 0.15) is 46.5 Å². The highest BCUT2D eigenvalue weighted by Gasteiger charge is 2.30. The van der Waals surface area contributed by atoms with Gasteiger partial charge in [-0.3, -0.25) is 0 Å². The van der Waals surface area contributed by atoms with Gasteiger partial charge in [0.15, 0.2) is 0 Å². The molecule has 1 heterocycles. The van der Waals surface area contributed by atoms with Crippen LogP contribution in [-0.2, 0) is 0 Å². The lowest BCUT2D eigenvalue weighted by atomic mass is 9.80. The Balaban J connectivity index is 1.81. The first-order chi connectivity index (χ1) is 7.54. The van der Waals surface area contributed by atoms with Crippen LogP contribution in [0.5, 0.6) is 0 Å². The van der Waals surface area contributed by atoms with Crippen molar-refractivity contribution in [1.29, 1.82) is 0 Å². The lowest BCUT2D eigenvalue weighted by Gasteiger charge is -2.33. The van der Waals surface area contributed by atoms with Crippen LogP contribution in [0, 0.1) is 11.8 Å². The number of likely N-dealkylation sites (tertiary alicyclic amines) is 1. The smallest absolute Gasteiger partial charge is 0.0212 e. The van der Waals surface area contributed by atoms with Crippen molar-refractivity contribution in [3.63, 3.8) is 0 Å². The molecule has 94 valence electrons. The Hall–Kier alpha value is -0.0800. The molecule has 1 saturated heterocycles. The van der Waals surface area contributed by atoms with Crippen molar-refractivity contribution in [3.8, 4) is 0 Å². The van der Waals surface area contributed by atoms with Gasteiger partial charge in [0.1, 0.15) is 0 Å². The second-order valence-corrected chi connectivity index (χ2v) is 6.50. The average Bonchev–Trinajstić information content (AvgIpc) is 2.43. The molecule has 4 unspecified atom stereocenters. The van der Waals surface area contributed by atoms with Gasteiger partial charge in [-0.25, -0.2) is 0 Å². The minimum atomic E-state index is 0.738. The Morgan fingerprint density at radius 1 is 0.875 bits per heavy atom. The molecule has 0 amide bonds. The Labute approximate surface area is 101 Å². The normalized spacial score (nSPS) is 46.1. The molecule has 2 aliphatic rings. The van der Waals surface area contributed by atoms with E-state index in [0.717, 1.165) is 30.0 Å². The summed E-state index contributed by atoms with van der Waals surface area (Å²) in [5.74, 6) is 1.83. The maximum absolute atomic E-state index is 3.90. The first-order valence-corrected chi connectivity index (χ1v) is 7.01. The molecule has 2 fully saturated rings. The summed E-state index contributed by atoms with van der Waals surface area (Å²) in [6.07, 6.45) is 5.53. The molecule has 0 aromatic carbocycles. The van der Waals surface area contributed by atoms with E-state index >= 15 is 0 Å². The molecule has 0 spiro atoms. The van der Waals surface area contributed by atoms with Crippen molar-refractivity contribution in [3.05, 3.63) is 0 Å². The van der Waals surface area contributed by atoms with Crippen molar-refractivity contribution in [2.24, 2.45) is 11.8 Å². The van der Waals surface area contributed by atoms with Gasteiger partial charge in [-0.05, 0) is 51.5 Å². The summed E-state index contributed by atoms with van der Waals surface area (Å²) >= 11 is 0. The molecule has 1 saturated carbocycles. The first-order valence-electron chi connectivity index (χ1n) is 7.01. The number of nitrogens with zero attached hydrogens (tertiary/aromatic N) is 1. The maximum Gasteiger partial charge on any atom is 0.0212 e. The molecule has 0 aromatic heterocycles. The van der Waals surface area contributed by atoms with E-state index in [-0.39, 0.29) is 0 Å². The monoisotopic (exact) mass is 224 g/mol. The molecule has 2 rings (SSSR count). The third-order valence-corrected chi connectivity index (χ3v) is 4.54. The average molecular weight is 224 g/mol. The molecule has 4 atom stereocenters. The van der Waals surface area contributed by atoms with Gasteiger partial charge in [0.05, 0.1) is 0 Å². The molecule has 1 N–H and O–H groups in total. The Morgan fingerprint density at radius 3 is 2.00 bits per heavy atom. The van der Waals surface area contributed by atoms with E-state index in [4.69, 9.17) is 0 Å². The molecule has 2 heteroatoms. The first kappa shape index (κ1) is 12.4. The standard InChI is InChI=1S/C14H28N2/c1-10-5-11(2)7-13(6-10)15-14-8-12(3)16(4)9-14/h10-15H,5-9H2,1-4H3. The van der Waals surface area contributed by atoms with Gasteiger partial charge in [-0.2, -0.15) is 0 Å². The Morgan fingerprint density at radius 2 is 1.50 bits per heavy atom. The van der Waals surface area contributed by atoms with Gasteiger partial charge in [-0.1, -0.05) is 13.8 Å². The second-order valence-electron chi connectivity index (χ2n) is 6.50. The largest absolute Gasteiger partial charge is 0.310 e. The Kier molecular flexibility index (Phi) is 3.91. The zero-order valence-corrected chi connectivity index (χ0v) is 11.4. The van der Waals surface area contributed by atoms with E-state index in [1.807, 2.05) is 0 Å². The Bertz CT molecular complexity index is 209. The predicted molar refractivity (Wildman–Crippen MR) is 69.6 cm³/mol. The molecule has 0 aromatic rings. The van der Waals surface area contributed by atoms with Crippen molar-refractivity contribution < 1.29 is 0 Å². The van der Waals surface area contributed by atoms with Gasteiger partial charge in [0.25, 0.3) is 0 Å². The van der Waals surface area contributed by atoms with Crippen LogP contribution in [-0.4, -0.2) is 36.6 Å². The number of nitrogens with one attached hydrogen (secondary N) is 1. The summed E-state index contributed by atoms with van der Waals surface area (Å²) in [5, 5.41) is 3.90. The SMILES string of the molecule is CC1CC(C)CC(NC2CC(C)N(C)C2)C1. The zero-order valence-electron chi connectivity index (χ0n) is 11.4. The van der Waals surface area contributed by atoms with Gasteiger partial charge in [-0.15, -0.1) is 0 Å². The molecule has 0 bridgehead atoms. The fourth-order valence-electron chi connectivity index (χ4n) is 3.73. The second kappa shape index (κ2) is 5.05. The van der Waals surface area contributed by atoms with Crippen molar-refractivity contribution in [2.75, 3.05) is 13.6 Å². The van der Waals surface area contributed by atoms with Gasteiger partial charge in [0.2, 0.25) is 0 Å². The third-order valence-electron chi connectivity index (χ3n) is 4.54.